The fourth-order valence-corrected chi connectivity index (χ4v) is 2.97. The molecule has 1 fully saturated rings. The number of hydrogen-bond donors (Lipinski definition) is 1. The fraction of sp³-hybridized carbons (Fsp3) is 0.400. The molecule has 1 atom stereocenters. The Bertz CT molecular complexity index is 614. The molecule has 1 aromatic rings. The number of imide groups is 2. The van der Waals surface area contributed by atoms with Crippen LogP contribution in [0, 0.1) is 0 Å². The minimum atomic E-state index is -0.709. The molecule has 2 aliphatic rings. The Hall–Kier alpha value is -2.21. The largest absolute Gasteiger partial charge is 0.338 e. The van der Waals surface area contributed by atoms with E-state index in [2.05, 4.69) is 12.1 Å². The highest BCUT2D eigenvalue weighted by atomic mass is 16.2. The van der Waals surface area contributed by atoms with Gasteiger partial charge in [-0.3, -0.25) is 14.5 Å². The highest BCUT2D eigenvalue weighted by Crippen LogP contribution is 2.12. The van der Waals surface area contributed by atoms with E-state index >= 15 is 0 Å². The summed E-state index contributed by atoms with van der Waals surface area (Å²) in [4.78, 5) is 38.9. The molecule has 6 heteroatoms. The molecule has 0 aliphatic carbocycles. The minimum Gasteiger partial charge on any atom is -0.313 e. The van der Waals surface area contributed by atoms with Gasteiger partial charge in [0.05, 0.1) is 6.54 Å². The van der Waals surface area contributed by atoms with Crippen LogP contribution in [0.3, 0.4) is 0 Å². The van der Waals surface area contributed by atoms with Gasteiger partial charge < -0.3 is 4.90 Å². The van der Waals surface area contributed by atoms with Crippen LogP contribution in [0.5, 0.6) is 0 Å². The van der Waals surface area contributed by atoms with Gasteiger partial charge in [0.2, 0.25) is 0 Å². The summed E-state index contributed by atoms with van der Waals surface area (Å²) in [6, 6.07) is 7.72. The summed E-state index contributed by atoms with van der Waals surface area (Å²) in [5.41, 5.74) is 2.57. The van der Waals surface area contributed by atoms with Crippen molar-refractivity contribution in [2.45, 2.75) is 19.9 Å². The number of carbonyl (C=O) groups is 3. The SMILES string of the molecule is CCN1C(=O)C(=O)N(C[NH+]2CCc3ccccc3C2)C1=O. The van der Waals surface area contributed by atoms with Gasteiger partial charge in [0.1, 0.15) is 6.54 Å². The quantitative estimate of drug-likeness (QED) is 0.596. The van der Waals surface area contributed by atoms with Crippen molar-refractivity contribution < 1.29 is 19.3 Å². The Labute approximate surface area is 122 Å². The summed E-state index contributed by atoms with van der Waals surface area (Å²) in [5.74, 6) is -1.41. The van der Waals surface area contributed by atoms with Gasteiger partial charge in [-0.2, -0.15) is 0 Å². The fourth-order valence-electron chi connectivity index (χ4n) is 2.97. The number of amides is 4. The number of likely N-dealkylation sites (N-methyl/N-ethyl adjacent to an activating group) is 1. The maximum Gasteiger partial charge on any atom is 0.338 e. The van der Waals surface area contributed by atoms with Crippen molar-refractivity contribution in [2.24, 2.45) is 0 Å². The number of carbonyl (C=O) groups excluding carboxylic acids is 3. The second kappa shape index (κ2) is 5.29. The van der Waals surface area contributed by atoms with Gasteiger partial charge in [-0.1, -0.05) is 24.3 Å². The minimum absolute atomic E-state index is 0.234. The topological polar surface area (TPSA) is 62.1 Å². The van der Waals surface area contributed by atoms with Crippen molar-refractivity contribution in [1.82, 2.24) is 9.80 Å². The molecular weight excluding hydrogens is 270 g/mol. The molecule has 21 heavy (non-hydrogen) atoms. The van der Waals surface area contributed by atoms with Crippen molar-refractivity contribution in [2.75, 3.05) is 19.8 Å². The highest BCUT2D eigenvalue weighted by molar-refractivity contribution is 6.44. The lowest BCUT2D eigenvalue weighted by molar-refractivity contribution is -0.923. The summed E-state index contributed by atoms with van der Waals surface area (Å²) in [5, 5.41) is 0. The van der Waals surface area contributed by atoms with E-state index in [9.17, 15) is 14.4 Å². The van der Waals surface area contributed by atoms with E-state index in [0.29, 0.717) is 0 Å². The predicted molar refractivity (Wildman–Crippen MR) is 74.2 cm³/mol. The zero-order chi connectivity index (χ0) is 15.0. The molecule has 0 aromatic heterocycles. The van der Waals surface area contributed by atoms with Crippen LogP contribution in [0.2, 0.25) is 0 Å². The van der Waals surface area contributed by atoms with Crippen molar-refractivity contribution in [3.63, 3.8) is 0 Å². The third-order valence-corrected chi connectivity index (χ3v) is 4.14. The van der Waals surface area contributed by atoms with Crippen molar-refractivity contribution in [3.05, 3.63) is 35.4 Å². The monoisotopic (exact) mass is 288 g/mol. The molecule has 3 rings (SSSR count). The Morgan fingerprint density at radius 1 is 1.05 bits per heavy atom. The third-order valence-electron chi connectivity index (χ3n) is 4.14. The molecule has 0 saturated carbocycles. The first-order chi connectivity index (χ1) is 10.1. The van der Waals surface area contributed by atoms with Crippen LogP contribution in [-0.2, 0) is 22.6 Å². The zero-order valence-corrected chi connectivity index (χ0v) is 12.0. The number of nitrogens with zero attached hydrogens (tertiary/aromatic N) is 2. The molecule has 0 bridgehead atoms. The molecule has 110 valence electrons. The van der Waals surface area contributed by atoms with E-state index in [1.807, 2.05) is 12.1 Å². The summed E-state index contributed by atoms with van der Waals surface area (Å²) in [6.45, 7) is 3.81. The van der Waals surface area contributed by atoms with E-state index in [0.717, 1.165) is 34.2 Å². The number of rotatable bonds is 3. The summed E-state index contributed by atoms with van der Waals surface area (Å²) >= 11 is 0. The molecule has 1 unspecified atom stereocenters. The van der Waals surface area contributed by atoms with Crippen LogP contribution in [-0.4, -0.2) is 47.4 Å². The first-order valence-electron chi connectivity index (χ1n) is 7.19. The third kappa shape index (κ3) is 2.31. The second-order valence-electron chi connectivity index (χ2n) is 5.42. The number of fused-ring (bicyclic) bond motifs is 1. The average molecular weight is 288 g/mol. The van der Waals surface area contributed by atoms with E-state index in [-0.39, 0.29) is 13.2 Å². The van der Waals surface area contributed by atoms with Gasteiger partial charge in [-0.05, 0) is 12.5 Å². The van der Waals surface area contributed by atoms with Crippen molar-refractivity contribution in [3.8, 4) is 0 Å². The lowest BCUT2D eigenvalue weighted by atomic mass is 10.0. The number of nitrogens with one attached hydrogen (secondary N) is 1. The smallest absolute Gasteiger partial charge is 0.313 e. The summed E-state index contributed by atoms with van der Waals surface area (Å²) < 4.78 is 0. The molecule has 6 nitrogen and oxygen atoms in total. The summed E-state index contributed by atoms with van der Waals surface area (Å²) in [7, 11) is 0. The number of benzene rings is 1. The van der Waals surface area contributed by atoms with Gasteiger partial charge in [-0.25, -0.2) is 9.69 Å². The molecule has 1 N–H and O–H groups in total. The van der Waals surface area contributed by atoms with E-state index in [1.54, 1.807) is 6.92 Å². The van der Waals surface area contributed by atoms with E-state index in [1.165, 1.54) is 11.1 Å². The Morgan fingerprint density at radius 2 is 1.71 bits per heavy atom. The van der Waals surface area contributed by atoms with Crippen LogP contribution in [0.1, 0.15) is 18.1 Å². The molecule has 0 spiro atoms. The van der Waals surface area contributed by atoms with Crippen molar-refractivity contribution in [1.29, 1.82) is 0 Å². The number of quaternary nitrogens is 1. The zero-order valence-electron chi connectivity index (χ0n) is 12.0. The number of urea groups is 1. The Balaban J connectivity index is 1.72. The standard InChI is InChI=1S/C15H17N3O3/c1-2-17-13(19)14(20)18(15(17)21)10-16-8-7-11-5-3-4-6-12(11)9-16/h3-6H,2,7-10H2,1H3/p+1. The lowest BCUT2D eigenvalue weighted by Crippen LogP contribution is -3.13. The van der Waals surface area contributed by atoms with E-state index < -0.39 is 17.8 Å². The molecule has 2 heterocycles. The second-order valence-corrected chi connectivity index (χ2v) is 5.42. The lowest BCUT2D eigenvalue weighted by Gasteiger charge is -2.28. The molecule has 4 amide bonds. The van der Waals surface area contributed by atoms with E-state index in [4.69, 9.17) is 0 Å². The molecule has 1 saturated heterocycles. The van der Waals surface area contributed by atoms with Gasteiger partial charge in [0.15, 0.2) is 6.67 Å². The Kier molecular flexibility index (Phi) is 3.47. The van der Waals surface area contributed by atoms with Crippen LogP contribution in [0.15, 0.2) is 24.3 Å². The molecule has 0 radical (unpaired) electrons. The van der Waals surface area contributed by atoms with Crippen molar-refractivity contribution >= 4 is 17.8 Å². The van der Waals surface area contributed by atoms with Gasteiger partial charge in [-0.15, -0.1) is 0 Å². The highest BCUT2D eigenvalue weighted by Gasteiger charge is 2.45. The molecular formula is C15H18N3O3+. The normalized spacial score (nSPS) is 22.0. The molecule has 2 aliphatic heterocycles. The predicted octanol–water partition coefficient (Wildman–Crippen LogP) is -0.604. The van der Waals surface area contributed by atoms with Crippen LogP contribution in [0.25, 0.3) is 0 Å². The average Bonchev–Trinajstić information content (AvgIpc) is 2.70. The first-order valence-corrected chi connectivity index (χ1v) is 7.19. The maximum absolute atomic E-state index is 12.1. The van der Waals surface area contributed by atoms with Gasteiger partial charge >= 0.3 is 17.8 Å². The first kappa shape index (κ1) is 13.8. The van der Waals surface area contributed by atoms with Crippen LogP contribution < -0.4 is 4.90 Å². The number of hydrogen-bond acceptors (Lipinski definition) is 3. The maximum atomic E-state index is 12.1. The summed E-state index contributed by atoms with van der Waals surface area (Å²) in [6.07, 6.45) is 0.924. The van der Waals surface area contributed by atoms with Gasteiger partial charge in [0, 0.05) is 18.5 Å². The van der Waals surface area contributed by atoms with Crippen LogP contribution in [0.4, 0.5) is 4.79 Å². The van der Waals surface area contributed by atoms with Gasteiger partial charge in [0.25, 0.3) is 0 Å². The Morgan fingerprint density at radius 3 is 2.38 bits per heavy atom. The van der Waals surface area contributed by atoms with Crippen LogP contribution >= 0.6 is 0 Å². The molecule has 1 aromatic carbocycles.